The van der Waals surface area contributed by atoms with Gasteiger partial charge in [0.1, 0.15) is 0 Å². The number of nitrogens with two attached hydrogens (primary N) is 1. The van der Waals surface area contributed by atoms with Crippen LogP contribution in [0.2, 0.25) is 0 Å². The van der Waals surface area contributed by atoms with Crippen molar-refractivity contribution in [2.45, 2.75) is 44.6 Å². The van der Waals surface area contributed by atoms with E-state index in [-0.39, 0.29) is 12.1 Å². The molecule has 2 N–H and O–H groups in total. The Morgan fingerprint density at radius 3 is 2.65 bits per heavy atom. The summed E-state index contributed by atoms with van der Waals surface area (Å²) in [6.07, 6.45) is 6.49. The van der Waals surface area contributed by atoms with Crippen LogP contribution < -0.4 is 5.73 Å². The number of esters is 1. The standard InChI is InChI=1S/C13H23NO3/c1-16-12(15)13(9-14,10-5-6-10)8-11-4-2-3-7-17-11/h10-11H,2-9,14H2,1H3. The van der Waals surface area contributed by atoms with Crippen molar-refractivity contribution < 1.29 is 14.3 Å². The molecule has 0 aromatic carbocycles. The molecule has 2 atom stereocenters. The summed E-state index contributed by atoms with van der Waals surface area (Å²) in [5, 5.41) is 0. The molecule has 0 spiro atoms. The van der Waals surface area contributed by atoms with Crippen LogP contribution >= 0.6 is 0 Å². The van der Waals surface area contributed by atoms with Crippen molar-refractivity contribution in [3.8, 4) is 0 Å². The second-order valence-corrected chi connectivity index (χ2v) is 5.32. The molecule has 1 saturated carbocycles. The summed E-state index contributed by atoms with van der Waals surface area (Å²) in [6.45, 7) is 1.20. The molecule has 1 saturated heterocycles. The molecule has 2 aliphatic rings. The lowest BCUT2D eigenvalue weighted by Crippen LogP contribution is -2.45. The average molecular weight is 241 g/mol. The second kappa shape index (κ2) is 5.36. The van der Waals surface area contributed by atoms with Gasteiger partial charge in [0, 0.05) is 13.2 Å². The maximum Gasteiger partial charge on any atom is 0.313 e. The normalized spacial score (nSPS) is 28.5. The minimum absolute atomic E-state index is 0.142. The first-order chi connectivity index (χ1) is 8.23. The Bertz CT molecular complexity index is 272. The molecular weight excluding hydrogens is 218 g/mol. The van der Waals surface area contributed by atoms with Crippen LogP contribution in [0.1, 0.15) is 38.5 Å². The molecule has 2 fully saturated rings. The molecule has 0 aromatic rings. The fourth-order valence-corrected chi connectivity index (χ4v) is 2.96. The summed E-state index contributed by atoms with van der Waals surface area (Å²) in [4.78, 5) is 12.1. The molecular formula is C13H23NO3. The third-order valence-electron chi connectivity index (χ3n) is 4.18. The smallest absolute Gasteiger partial charge is 0.313 e. The zero-order valence-electron chi connectivity index (χ0n) is 10.6. The first-order valence-corrected chi connectivity index (χ1v) is 6.63. The maximum absolute atomic E-state index is 12.1. The molecule has 0 aromatic heterocycles. The largest absolute Gasteiger partial charge is 0.469 e. The van der Waals surface area contributed by atoms with Gasteiger partial charge in [-0.1, -0.05) is 0 Å². The molecule has 1 aliphatic heterocycles. The average Bonchev–Trinajstić information content (AvgIpc) is 3.21. The van der Waals surface area contributed by atoms with E-state index < -0.39 is 5.41 Å². The first-order valence-electron chi connectivity index (χ1n) is 6.63. The number of hydrogen-bond donors (Lipinski definition) is 1. The Hall–Kier alpha value is -0.610. The first kappa shape index (κ1) is 12.8. The molecule has 98 valence electrons. The molecule has 1 aliphatic carbocycles. The van der Waals surface area contributed by atoms with Gasteiger partial charge in [0.15, 0.2) is 0 Å². The minimum atomic E-state index is -0.489. The summed E-state index contributed by atoms with van der Waals surface area (Å²) in [5.41, 5.74) is 5.40. The predicted octanol–water partition coefficient (Wildman–Crippen LogP) is 1.47. The van der Waals surface area contributed by atoms with E-state index in [0.717, 1.165) is 38.7 Å². The molecule has 2 unspecified atom stereocenters. The SMILES string of the molecule is COC(=O)C(CN)(CC1CCCCO1)C1CC1. The number of ether oxygens (including phenoxy) is 2. The lowest BCUT2D eigenvalue weighted by molar-refractivity contribution is -0.157. The Balaban J connectivity index is 2.05. The van der Waals surface area contributed by atoms with E-state index in [1.807, 2.05) is 0 Å². The zero-order valence-corrected chi connectivity index (χ0v) is 10.6. The van der Waals surface area contributed by atoms with Gasteiger partial charge in [-0.05, 0) is 44.4 Å². The predicted molar refractivity (Wildman–Crippen MR) is 64.4 cm³/mol. The molecule has 17 heavy (non-hydrogen) atoms. The highest BCUT2D eigenvalue weighted by atomic mass is 16.5. The van der Waals surface area contributed by atoms with Crippen LogP contribution in [0.15, 0.2) is 0 Å². The molecule has 4 nitrogen and oxygen atoms in total. The van der Waals surface area contributed by atoms with Crippen molar-refractivity contribution in [1.82, 2.24) is 0 Å². The quantitative estimate of drug-likeness (QED) is 0.740. The summed E-state index contributed by atoms with van der Waals surface area (Å²) in [5.74, 6) is 0.266. The molecule has 2 rings (SSSR count). The van der Waals surface area contributed by atoms with Crippen molar-refractivity contribution in [2.24, 2.45) is 17.1 Å². The Morgan fingerprint density at radius 2 is 2.18 bits per heavy atom. The van der Waals surface area contributed by atoms with Gasteiger partial charge in [0.25, 0.3) is 0 Å². The van der Waals surface area contributed by atoms with Gasteiger partial charge < -0.3 is 15.2 Å². The number of rotatable bonds is 5. The van der Waals surface area contributed by atoms with Gasteiger partial charge in [0.2, 0.25) is 0 Å². The fourth-order valence-electron chi connectivity index (χ4n) is 2.96. The van der Waals surface area contributed by atoms with E-state index in [1.165, 1.54) is 13.5 Å². The van der Waals surface area contributed by atoms with Gasteiger partial charge in [-0.2, -0.15) is 0 Å². The fraction of sp³-hybridized carbons (Fsp3) is 0.923. The summed E-state index contributed by atoms with van der Waals surface area (Å²) >= 11 is 0. The van der Waals surface area contributed by atoms with Crippen LogP contribution in [0, 0.1) is 11.3 Å². The van der Waals surface area contributed by atoms with E-state index in [4.69, 9.17) is 15.2 Å². The van der Waals surface area contributed by atoms with Crippen molar-refractivity contribution in [3.63, 3.8) is 0 Å². The lowest BCUT2D eigenvalue weighted by Gasteiger charge is -2.34. The maximum atomic E-state index is 12.1. The Kier molecular flexibility index (Phi) is 4.05. The van der Waals surface area contributed by atoms with Gasteiger partial charge in [-0.15, -0.1) is 0 Å². The van der Waals surface area contributed by atoms with Crippen LogP contribution in [-0.2, 0) is 14.3 Å². The van der Waals surface area contributed by atoms with Crippen LogP contribution in [0.25, 0.3) is 0 Å². The molecule has 4 heteroatoms. The molecule has 0 amide bonds. The van der Waals surface area contributed by atoms with Crippen molar-refractivity contribution >= 4 is 5.97 Å². The van der Waals surface area contributed by atoms with Crippen molar-refractivity contribution in [3.05, 3.63) is 0 Å². The minimum Gasteiger partial charge on any atom is -0.469 e. The lowest BCUT2D eigenvalue weighted by atomic mass is 9.76. The number of hydrogen-bond acceptors (Lipinski definition) is 4. The monoisotopic (exact) mass is 241 g/mol. The third kappa shape index (κ3) is 2.63. The summed E-state index contributed by atoms with van der Waals surface area (Å²) in [6, 6.07) is 0. The van der Waals surface area contributed by atoms with Crippen molar-refractivity contribution in [2.75, 3.05) is 20.3 Å². The number of carbonyl (C=O) groups is 1. The molecule has 0 radical (unpaired) electrons. The molecule has 1 heterocycles. The highest BCUT2D eigenvalue weighted by Gasteiger charge is 2.52. The van der Waals surface area contributed by atoms with Crippen LogP contribution in [-0.4, -0.2) is 32.3 Å². The highest BCUT2D eigenvalue weighted by Crippen LogP contribution is 2.49. The van der Waals surface area contributed by atoms with E-state index in [0.29, 0.717) is 12.5 Å². The van der Waals surface area contributed by atoms with E-state index in [2.05, 4.69) is 0 Å². The highest BCUT2D eigenvalue weighted by molar-refractivity contribution is 5.78. The number of methoxy groups -OCH3 is 1. The Morgan fingerprint density at radius 1 is 1.41 bits per heavy atom. The van der Waals surface area contributed by atoms with E-state index in [9.17, 15) is 4.79 Å². The zero-order chi connectivity index (χ0) is 12.3. The topological polar surface area (TPSA) is 61.5 Å². The number of carbonyl (C=O) groups excluding carboxylic acids is 1. The van der Waals surface area contributed by atoms with Crippen molar-refractivity contribution in [1.29, 1.82) is 0 Å². The van der Waals surface area contributed by atoms with Crippen LogP contribution in [0.3, 0.4) is 0 Å². The molecule has 0 bridgehead atoms. The van der Waals surface area contributed by atoms with Crippen LogP contribution in [0.5, 0.6) is 0 Å². The van der Waals surface area contributed by atoms with E-state index >= 15 is 0 Å². The van der Waals surface area contributed by atoms with Gasteiger partial charge >= 0.3 is 5.97 Å². The van der Waals surface area contributed by atoms with Gasteiger partial charge in [0.05, 0.1) is 18.6 Å². The second-order valence-electron chi connectivity index (χ2n) is 5.32. The van der Waals surface area contributed by atoms with Gasteiger partial charge in [-0.25, -0.2) is 0 Å². The Labute approximate surface area is 103 Å². The van der Waals surface area contributed by atoms with E-state index in [1.54, 1.807) is 0 Å². The third-order valence-corrected chi connectivity index (χ3v) is 4.18. The van der Waals surface area contributed by atoms with Gasteiger partial charge in [-0.3, -0.25) is 4.79 Å². The summed E-state index contributed by atoms with van der Waals surface area (Å²) in [7, 11) is 1.46. The van der Waals surface area contributed by atoms with Crippen LogP contribution in [0.4, 0.5) is 0 Å². The summed E-state index contributed by atoms with van der Waals surface area (Å²) < 4.78 is 10.7.